The second-order valence-corrected chi connectivity index (χ2v) is 5.62. The molecule has 0 saturated carbocycles. The zero-order chi connectivity index (χ0) is 13.6. The molecule has 0 aliphatic heterocycles. The third-order valence-electron chi connectivity index (χ3n) is 2.94. The number of benzene rings is 1. The summed E-state index contributed by atoms with van der Waals surface area (Å²) in [5.74, 6) is 0.936. The number of rotatable bonds is 7. The van der Waals surface area contributed by atoms with Crippen LogP contribution in [0.5, 0.6) is 5.75 Å². The second kappa shape index (κ2) is 8.41. The molecule has 3 nitrogen and oxygen atoms in total. The second-order valence-electron chi connectivity index (χ2n) is 5.62. The van der Waals surface area contributed by atoms with Crippen molar-refractivity contribution in [2.24, 2.45) is 11.1 Å². The van der Waals surface area contributed by atoms with Crippen LogP contribution in [-0.2, 0) is 6.54 Å². The molecule has 1 aromatic rings. The molecule has 0 bridgehead atoms. The molecule has 0 atom stereocenters. The van der Waals surface area contributed by atoms with Gasteiger partial charge in [-0.25, -0.2) is 0 Å². The molecular weight excluding hydrogens is 260 g/mol. The summed E-state index contributed by atoms with van der Waals surface area (Å²) in [6, 6.07) is 8.30. The zero-order valence-corrected chi connectivity index (χ0v) is 13.3. The van der Waals surface area contributed by atoms with Crippen molar-refractivity contribution in [2.75, 3.05) is 26.7 Å². The van der Waals surface area contributed by atoms with Gasteiger partial charge in [0, 0.05) is 13.1 Å². The van der Waals surface area contributed by atoms with Crippen molar-refractivity contribution in [3.8, 4) is 5.75 Å². The minimum atomic E-state index is 0. The third-order valence-corrected chi connectivity index (χ3v) is 2.94. The summed E-state index contributed by atoms with van der Waals surface area (Å²) in [5, 5.41) is 0. The average molecular weight is 287 g/mol. The molecular formula is C15H27ClN2O. The Hall–Kier alpha value is -0.770. The maximum absolute atomic E-state index is 5.76. The minimum Gasteiger partial charge on any atom is -0.494 e. The molecule has 0 radical (unpaired) electrons. The number of nitrogens with zero attached hydrogens (tertiary/aromatic N) is 1. The Morgan fingerprint density at radius 2 is 1.79 bits per heavy atom. The van der Waals surface area contributed by atoms with Crippen molar-refractivity contribution in [3.05, 3.63) is 29.8 Å². The van der Waals surface area contributed by atoms with E-state index in [-0.39, 0.29) is 17.8 Å². The van der Waals surface area contributed by atoms with Crippen LogP contribution in [0.2, 0.25) is 0 Å². The van der Waals surface area contributed by atoms with E-state index in [0.717, 1.165) is 18.8 Å². The van der Waals surface area contributed by atoms with Gasteiger partial charge in [-0.1, -0.05) is 26.0 Å². The fourth-order valence-corrected chi connectivity index (χ4v) is 2.02. The molecule has 110 valence electrons. The van der Waals surface area contributed by atoms with Crippen molar-refractivity contribution in [1.82, 2.24) is 4.90 Å². The standard InChI is InChI=1S/C15H26N2O.ClH/c1-5-18-14-8-6-13(7-9-14)10-17(4)12-15(2,3)11-16;/h6-9H,5,10-12,16H2,1-4H3;1H. The van der Waals surface area contributed by atoms with Gasteiger partial charge in [0.1, 0.15) is 5.75 Å². The van der Waals surface area contributed by atoms with Gasteiger partial charge < -0.3 is 15.4 Å². The lowest BCUT2D eigenvalue weighted by atomic mass is 9.93. The maximum Gasteiger partial charge on any atom is 0.119 e. The van der Waals surface area contributed by atoms with Gasteiger partial charge in [-0.05, 0) is 43.6 Å². The summed E-state index contributed by atoms with van der Waals surface area (Å²) in [4.78, 5) is 2.31. The van der Waals surface area contributed by atoms with E-state index in [2.05, 4.69) is 37.9 Å². The van der Waals surface area contributed by atoms with Crippen LogP contribution in [-0.4, -0.2) is 31.6 Å². The molecule has 4 heteroatoms. The summed E-state index contributed by atoms with van der Waals surface area (Å²) in [6.45, 7) is 9.75. The molecule has 0 heterocycles. The van der Waals surface area contributed by atoms with Gasteiger partial charge in [-0.15, -0.1) is 12.4 Å². The lowest BCUT2D eigenvalue weighted by molar-refractivity contribution is 0.210. The molecule has 0 fully saturated rings. The third kappa shape index (κ3) is 6.81. The van der Waals surface area contributed by atoms with Gasteiger partial charge in [0.25, 0.3) is 0 Å². The molecule has 2 N–H and O–H groups in total. The molecule has 0 spiro atoms. The number of hydrogen-bond acceptors (Lipinski definition) is 3. The van der Waals surface area contributed by atoms with Crippen LogP contribution in [0.1, 0.15) is 26.3 Å². The van der Waals surface area contributed by atoms with E-state index in [1.165, 1.54) is 5.56 Å². The van der Waals surface area contributed by atoms with Crippen molar-refractivity contribution < 1.29 is 4.74 Å². The molecule has 0 unspecified atom stereocenters. The van der Waals surface area contributed by atoms with E-state index in [9.17, 15) is 0 Å². The first-order valence-corrected chi connectivity index (χ1v) is 6.57. The fraction of sp³-hybridized carbons (Fsp3) is 0.600. The predicted molar refractivity (Wildman–Crippen MR) is 84.0 cm³/mol. The van der Waals surface area contributed by atoms with E-state index in [0.29, 0.717) is 13.2 Å². The highest BCUT2D eigenvalue weighted by Gasteiger charge is 2.17. The molecule has 0 aliphatic rings. The van der Waals surface area contributed by atoms with Gasteiger partial charge in [-0.3, -0.25) is 0 Å². The number of hydrogen-bond donors (Lipinski definition) is 1. The first kappa shape index (κ1) is 18.2. The quantitative estimate of drug-likeness (QED) is 0.838. The Morgan fingerprint density at radius 3 is 2.26 bits per heavy atom. The monoisotopic (exact) mass is 286 g/mol. The van der Waals surface area contributed by atoms with Crippen LogP contribution in [0.3, 0.4) is 0 Å². The Balaban J connectivity index is 0.00000324. The van der Waals surface area contributed by atoms with Gasteiger partial charge in [0.05, 0.1) is 6.61 Å². The van der Waals surface area contributed by atoms with E-state index in [1.807, 2.05) is 19.1 Å². The van der Waals surface area contributed by atoms with E-state index >= 15 is 0 Å². The van der Waals surface area contributed by atoms with E-state index in [1.54, 1.807) is 0 Å². The van der Waals surface area contributed by atoms with Gasteiger partial charge >= 0.3 is 0 Å². The molecule has 1 aromatic carbocycles. The Labute approximate surface area is 123 Å². The number of halogens is 1. The van der Waals surface area contributed by atoms with Crippen LogP contribution in [0.25, 0.3) is 0 Å². The molecule has 0 amide bonds. The van der Waals surface area contributed by atoms with Crippen LogP contribution in [0.4, 0.5) is 0 Å². The maximum atomic E-state index is 5.76. The van der Waals surface area contributed by atoms with Crippen LogP contribution < -0.4 is 10.5 Å². The van der Waals surface area contributed by atoms with Crippen molar-refractivity contribution in [2.45, 2.75) is 27.3 Å². The van der Waals surface area contributed by atoms with Crippen molar-refractivity contribution in [1.29, 1.82) is 0 Å². The summed E-state index contributed by atoms with van der Waals surface area (Å²) < 4.78 is 5.43. The van der Waals surface area contributed by atoms with Gasteiger partial charge in [0.15, 0.2) is 0 Å². The van der Waals surface area contributed by atoms with Crippen LogP contribution in [0.15, 0.2) is 24.3 Å². The van der Waals surface area contributed by atoms with Crippen LogP contribution in [0, 0.1) is 5.41 Å². The van der Waals surface area contributed by atoms with E-state index in [4.69, 9.17) is 10.5 Å². The Bertz CT molecular complexity index is 352. The molecule has 19 heavy (non-hydrogen) atoms. The largest absolute Gasteiger partial charge is 0.494 e. The Kier molecular flexibility index (Phi) is 8.07. The molecule has 0 saturated heterocycles. The minimum absolute atomic E-state index is 0. The fourth-order valence-electron chi connectivity index (χ4n) is 2.02. The highest BCUT2D eigenvalue weighted by molar-refractivity contribution is 5.85. The molecule has 0 aromatic heterocycles. The number of nitrogens with two attached hydrogens (primary N) is 1. The summed E-state index contributed by atoms with van der Waals surface area (Å²) in [6.07, 6.45) is 0. The summed E-state index contributed by atoms with van der Waals surface area (Å²) >= 11 is 0. The normalized spacial score (nSPS) is 11.3. The lowest BCUT2D eigenvalue weighted by Gasteiger charge is -2.29. The average Bonchev–Trinajstić information content (AvgIpc) is 2.31. The van der Waals surface area contributed by atoms with E-state index < -0.39 is 0 Å². The number of ether oxygens (including phenoxy) is 1. The van der Waals surface area contributed by atoms with Crippen molar-refractivity contribution >= 4 is 12.4 Å². The summed E-state index contributed by atoms with van der Waals surface area (Å²) in [7, 11) is 2.13. The first-order valence-electron chi connectivity index (χ1n) is 6.57. The summed E-state index contributed by atoms with van der Waals surface area (Å²) in [5.41, 5.74) is 7.22. The molecule has 0 aliphatic carbocycles. The topological polar surface area (TPSA) is 38.5 Å². The highest BCUT2D eigenvalue weighted by Crippen LogP contribution is 2.17. The molecule has 1 rings (SSSR count). The predicted octanol–water partition coefficient (Wildman–Crippen LogP) is 2.92. The van der Waals surface area contributed by atoms with Gasteiger partial charge in [-0.2, -0.15) is 0 Å². The van der Waals surface area contributed by atoms with Crippen LogP contribution >= 0.6 is 12.4 Å². The van der Waals surface area contributed by atoms with Gasteiger partial charge in [0.2, 0.25) is 0 Å². The SMILES string of the molecule is CCOc1ccc(CN(C)CC(C)(C)CN)cc1.Cl. The highest BCUT2D eigenvalue weighted by atomic mass is 35.5. The zero-order valence-electron chi connectivity index (χ0n) is 12.5. The lowest BCUT2D eigenvalue weighted by Crippen LogP contribution is -2.36. The smallest absolute Gasteiger partial charge is 0.119 e. The first-order chi connectivity index (χ1) is 8.46. The Morgan fingerprint density at radius 1 is 1.21 bits per heavy atom. The van der Waals surface area contributed by atoms with Crippen molar-refractivity contribution in [3.63, 3.8) is 0 Å².